The molecule has 0 aliphatic heterocycles. The molecule has 2 aromatic carbocycles. The Morgan fingerprint density at radius 3 is 2.60 bits per heavy atom. The predicted molar refractivity (Wildman–Crippen MR) is 94.9 cm³/mol. The molecule has 130 valence electrons. The quantitative estimate of drug-likeness (QED) is 0.728. The molecule has 0 atom stereocenters. The highest BCUT2D eigenvalue weighted by Gasteiger charge is 2.15. The van der Waals surface area contributed by atoms with Gasteiger partial charge in [-0.3, -0.25) is 4.79 Å². The zero-order valence-corrected chi connectivity index (χ0v) is 14.5. The van der Waals surface area contributed by atoms with Gasteiger partial charge in [-0.1, -0.05) is 12.1 Å². The zero-order valence-electron chi connectivity index (χ0n) is 14.5. The second kappa shape index (κ2) is 6.67. The van der Waals surface area contributed by atoms with E-state index in [0.717, 1.165) is 22.2 Å². The van der Waals surface area contributed by atoms with E-state index in [-0.39, 0.29) is 11.7 Å². The second-order valence-corrected chi connectivity index (χ2v) is 6.26. The molecule has 0 radical (unpaired) electrons. The molecule has 1 amide bonds. The van der Waals surface area contributed by atoms with E-state index in [1.165, 1.54) is 18.2 Å². The van der Waals surface area contributed by atoms with Gasteiger partial charge in [0.25, 0.3) is 5.91 Å². The Labute approximate surface area is 145 Å². The molecule has 0 spiro atoms. The van der Waals surface area contributed by atoms with Gasteiger partial charge < -0.3 is 10.3 Å². The largest absolute Gasteiger partial charge is 0.356 e. The van der Waals surface area contributed by atoms with Gasteiger partial charge in [-0.2, -0.15) is 0 Å². The summed E-state index contributed by atoms with van der Waals surface area (Å²) in [6, 6.07) is 7.66. The average Bonchev–Trinajstić information content (AvgIpc) is 2.91. The molecular weight excluding hydrogens is 322 g/mol. The summed E-state index contributed by atoms with van der Waals surface area (Å²) in [6.07, 6.45) is 0.566. The van der Waals surface area contributed by atoms with Gasteiger partial charge in [-0.15, -0.1) is 0 Å². The van der Waals surface area contributed by atoms with Crippen molar-refractivity contribution >= 4 is 16.8 Å². The van der Waals surface area contributed by atoms with Crippen molar-refractivity contribution in [1.82, 2.24) is 10.3 Å². The SMILES string of the molecule is Cc1[nH]c2c(F)ccc(C)c2c1CCNC(=O)c1cccc(F)c1C. The van der Waals surface area contributed by atoms with Crippen molar-refractivity contribution in [3.63, 3.8) is 0 Å². The monoisotopic (exact) mass is 342 g/mol. The summed E-state index contributed by atoms with van der Waals surface area (Å²) in [6.45, 7) is 5.80. The summed E-state index contributed by atoms with van der Waals surface area (Å²) in [5.74, 6) is -0.988. The van der Waals surface area contributed by atoms with Crippen LogP contribution in [0.1, 0.15) is 32.7 Å². The number of aromatic nitrogens is 1. The van der Waals surface area contributed by atoms with Crippen LogP contribution < -0.4 is 5.32 Å². The number of nitrogens with one attached hydrogen (secondary N) is 2. The van der Waals surface area contributed by atoms with Crippen LogP contribution in [0, 0.1) is 32.4 Å². The number of carbonyl (C=O) groups is 1. The number of amides is 1. The highest BCUT2D eigenvalue weighted by atomic mass is 19.1. The topological polar surface area (TPSA) is 44.9 Å². The van der Waals surface area contributed by atoms with E-state index in [4.69, 9.17) is 0 Å². The summed E-state index contributed by atoms with van der Waals surface area (Å²) in [7, 11) is 0. The number of aromatic amines is 1. The maximum atomic E-state index is 14.0. The molecule has 0 unspecified atom stereocenters. The molecule has 3 nitrogen and oxygen atoms in total. The van der Waals surface area contributed by atoms with E-state index in [9.17, 15) is 13.6 Å². The molecule has 3 aromatic rings. The Balaban J connectivity index is 1.78. The van der Waals surface area contributed by atoms with E-state index < -0.39 is 5.82 Å². The lowest BCUT2D eigenvalue weighted by Crippen LogP contribution is -2.26. The van der Waals surface area contributed by atoms with Crippen LogP contribution in [-0.2, 0) is 6.42 Å². The van der Waals surface area contributed by atoms with Gasteiger partial charge >= 0.3 is 0 Å². The van der Waals surface area contributed by atoms with Crippen molar-refractivity contribution in [2.45, 2.75) is 27.2 Å². The van der Waals surface area contributed by atoms with E-state index in [2.05, 4.69) is 10.3 Å². The molecule has 0 bridgehead atoms. The number of carbonyl (C=O) groups excluding carboxylic acids is 1. The van der Waals surface area contributed by atoms with Crippen LogP contribution in [0.25, 0.3) is 10.9 Å². The normalized spacial score (nSPS) is 11.1. The smallest absolute Gasteiger partial charge is 0.251 e. The third-order valence-electron chi connectivity index (χ3n) is 4.60. The molecule has 0 saturated heterocycles. The van der Waals surface area contributed by atoms with Crippen LogP contribution in [0.5, 0.6) is 0 Å². The number of rotatable bonds is 4. The number of hydrogen-bond donors (Lipinski definition) is 2. The first kappa shape index (κ1) is 17.1. The van der Waals surface area contributed by atoms with Gasteiger partial charge in [-0.25, -0.2) is 8.78 Å². The van der Waals surface area contributed by atoms with E-state index in [1.54, 1.807) is 19.1 Å². The minimum atomic E-state index is -0.397. The Hall–Kier alpha value is -2.69. The highest BCUT2D eigenvalue weighted by molar-refractivity contribution is 5.95. The molecule has 1 aromatic heterocycles. The van der Waals surface area contributed by atoms with Gasteiger partial charge in [0, 0.05) is 23.2 Å². The molecule has 0 aliphatic rings. The number of aryl methyl sites for hydroxylation is 2. The third kappa shape index (κ3) is 3.14. The molecule has 5 heteroatoms. The van der Waals surface area contributed by atoms with Crippen LogP contribution in [0.15, 0.2) is 30.3 Å². The van der Waals surface area contributed by atoms with Crippen molar-refractivity contribution in [2.75, 3.05) is 6.54 Å². The minimum Gasteiger partial charge on any atom is -0.356 e. The maximum Gasteiger partial charge on any atom is 0.251 e. The van der Waals surface area contributed by atoms with Gasteiger partial charge in [0.2, 0.25) is 0 Å². The lowest BCUT2D eigenvalue weighted by molar-refractivity contribution is 0.0953. The molecular formula is C20H20F2N2O. The number of hydrogen-bond acceptors (Lipinski definition) is 1. The standard InChI is InChI=1S/C20H20F2N2O/c1-11-7-8-17(22)19-18(11)15(13(3)24-19)9-10-23-20(25)14-5-4-6-16(21)12(14)2/h4-8,24H,9-10H2,1-3H3,(H,23,25). The van der Waals surface area contributed by atoms with Crippen molar-refractivity contribution in [2.24, 2.45) is 0 Å². The average molecular weight is 342 g/mol. The molecule has 3 rings (SSSR count). The van der Waals surface area contributed by atoms with Crippen molar-refractivity contribution < 1.29 is 13.6 Å². The molecule has 1 heterocycles. The van der Waals surface area contributed by atoms with Crippen molar-refractivity contribution in [1.29, 1.82) is 0 Å². The Morgan fingerprint density at radius 1 is 1.08 bits per heavy atom. The van der Waals surface area contributed by atoms with Gasteiger partial charge in [0.1, 0.15) is 11.6 Å². The van der Waals surface area contributed by atoms with Crippen LogP contribution in [0.2, 0.25) is 0 Å². The molecule has 0 aliphatic carbocycles. The first-order valence-electron chi connectivity index (χ1n) is 8.19. The first-order chi connectivity index (χ1) is 11.9. The number of halogens is 2. The van der Waals surface area contributed by atoms with Crippen LogP contribution in [0.3, 0.4) is 0 Å². The Kier molecular flexibility index (Phi) is 4.57. The predicted octanol–water partition coefficient (Wildman–Crippen LogP) is 4.34. The number of fused-ring (bicyclic) bond motifs is 1. The summed E-state index contributed by atoms with van der Waals surface area (Å²) < 4.78 is 27.6. The molecule has 0 saturated carbocycles. The van der Waals surface area contributed by atoms with Crippen molar-refractivity contribution in [3.05, 3.63) is 69.9 Å². The fraction of sp³-hybridized carbons (Fsp3) is 0.250. The van der Waals surface area contributed by atoms with Crippen LogP contribution >= 0.6 is 0 Å². The summed E-state index contributed by atoms with van der Waals surface area (Å²) in [5, 5.41) is 3.69. The zero-order chi connectivity index (χ0) is 18.1. The number of H-pyrrole nitrogens is 1. The summed E-state index contributed by atoms with van der Waals surface area (Å²) in [5.41, 5.74) is 4.03. The third-order valence-corrected chi connectivity index (χ3v) is 4.60. The molecule has 25 heavy (non-hydrogen) atoms. The van der Waals surface area contributed by atoms with E-state index in [0.29, 0.717) is 29.6 Å². The summed E-state index contributed by atoms with van der Waals surface area (Å²) >= 11 is 0. The molecule has 2 N–H and O–H groups in total. The fourth-order valence-electron chi connectivity index (χ4n) is 3.21. The van der Waals surface area contributed by atoms with Crippen molar-refractivity contribution in [3.8, 4) is 0 Å². The van der Waals surface area contributed by atoms with Gasteiger partial charge in [-0.05, 0) is 62.1 Å². The van der Waals surface area contributed by atoms with Crippen LogP contribution in [-0.4, -0.2) is 17.4 Å². The molecule has 0 fully saturated rings. The minimum absolute atomic E-state index is 0.283. The Bertz CT molecular complexity index is 960. The fourth-order valence-corrected chi connectivity index (χ4v) is 3.21. The first-order valence-corrected chi connectivity index (χ1v) is 8.19. The van der Waals surface area contributed by atoms with E-state index >= 15 is 0 Å². The second-order valence-electron chi connectivity index (χ2n) is 6.26. The van der Waals surface area contributed by atoms with Gasteiger partial charge in [0.05, 0.1) is 5.52 Å². The number of benzene rings is 2. The van der Waals surface area contributed by atoms with Gasteiger partial charge in [0.15, 0.2) is 0 Å². The lowest BCUT2D eigenvalue weighted by atomic mass is 10.0. The lowest BCUT2D eigenvalue weighted by Gasteiger charge is -2.09. The highest BCUT2D eigenvalue weighted by Crippen LogP contribution is 2.27. The van der Waals surface area contributed by atoms with E-state index in [1.807, 2.05) is 13.8 Å². The van der Waals surface area contributed by atoms with Crippen LogP contribution in [0.4, 0.5) is 8.78 Å². The summed E-state index contributed by atoms with van der Waals surface area (Å²) in [4.78, 5) is 15.4. The Morgan fingerprint density at radius 2 is 1.84 bits per heavy atom. The maximum absolute atomic E-state index is 14.0.